The Morgan fingerprint density at radius 2 is 1.88 bits per heavy atom. The molecule has 0 amide bonds. The lowest BCUT2D eigenvalue weighted by atomic mass is 10.0. The third kappa shape index (κ3) is 3.74. The molecule has 1 aromatic carbocycles. The van der Waals surface area contributed by atoms with Crippen LogP contribution in [0.1, 0.15) is 38.2 Å². The second-order valence-electron chi connectivity index (χ2n) is 6.18. The Bertz CT molecular complexity index is 816. The van der Waals surface area contributed by atoms with E-state index in [0.717, 1.165) is 28.6 Å². The molecule has 2 aromatic heterocycles. The van der Waals surface area contributed by atoms with Gasteiger partial charge in [-0.15, -0.1) is 12.4 Å². The monoisotopic (exact) mass is 346 g/mol. The summed E-state index contributed by atoms with van der Waals surface area (Å²) in [5.41, 5.74) is 2.94. The van der Waals surface area contributed by atoms with Crippen molar-refractivity contribution in [1.29, 1.82) is 0 Å². The number of likely N-dealkylation sites (N-methyl/N-ethyl adjacent to an activating group) is 1. The predicted octanol–water partition coefficient (Wildman–Crippen LogP) is 3.98. The molecule has 5 nitrogen and oxygen atoms in total. The zero-order chi connectivity index (χ0) is 16.4. The first kappa shape index (κ1) is 18.4. The molecule has 0 bridgehead atoms. The number of fused-ring (bicyclic) bond motifs is 1. The zero-order valence-corrected chi connectivity index (χ0v) is 15.2. The first-order valence-electron chi connectivity index (χ1n) is 7.98. The molecule has 0 fully saturated rings. The summed E-state index contributed by atoms with van der Waals surface area (Å²) >= 11 is 0. The highest BCUT2D eigenvalue weighted by molar-refractivity contribution is 5.92. The third-order valence-electron chi connectivity index (χ3n) is 4.01. The van der Waals surface area contributed by atoms with Gasteiger partial charge in [0.25, 0.3) is 5.89 Å². The number of hydrogen-bond donors (Lipinski definition) is 1. The highest BCUT2D eigenvalue weighted by Gasteiger charge is 2.16. The fraction of sp³-hybridized carbons (Fsp3) is 0.389. The van der Waals surface area contributed by atoms with Gasteiger partial charge in [0.2, 0.25) is 0 Å². The number of para-hydroxylation sites is 1. The summed E-state index contributed by atoms with van der Waals surface area (Å²) in [7, 11) is 1.93. The highest BCUT2D eigenvalue weighted by atomic mass is 35.5. The van der Waals surface area contributed by atoms with Crippen molar-refractivity contribution in [2.45, 2.75) is 39.2 Å². The molecule has 0 aliphatic carbocycles. The van der Waals surface area contributed by atoms with E-state index in [2.05, 4.69) is 42.3 Å². The summed E-state index contributed by atoms with van der Waals surface area (Å²) < 4.78 is 5.52. The van der Waals surface area contributed by atoms with Crippen LogP contribution in [0.25, 0.3) is 22.4 Å². The average Bonchev–Trinajstić information content (AvgIpc) is 3.01. The number of pyridine rings is 1. The largest absolute Gasteiger partial charge is 0.334 e. The molecule has 0 saturated heterocycles. The van der Waals surface area contributed by atoms with Gasteiger partial charge in [0.15, 0.2) is 5.82 Å². The normalized spacial score (nSPS) is 12.4. The van der Waals surface area contributed by atoms with Crippen LogP contribution in [0.15, 0.2) is 34.9 Å². The molecule has 3 aromatic rings. The molecular weight excluding hydrogens is 324 g/mol. The van der Waals surface area contributed by atoms with E-state index >= 15 is 0 Å². The highest BCUT2D eigenvalue weighted by Crippen LogP contribution is 2.29. The summed E-state index contributed by atoms with van der Waals surface area (Å²) in [6.45, 7) is 6.36. The second kappa shape index (κ2) is 7.73. The van der Waals surface area contributed by atoms with Crippen LogP contribution in [0.5, 0.6) is 0 Å². The molecule has 1 N–H and O–H groups in total. The SMILES string of the molecule is CNC(C)Cc1noc(-c2cc(C(C)C)nc3ccccc23)n1.Cl. The van der Waals surface area contributed by atoms with E-state index in [-0.39, 0.29) is 12.4 Å². The van der Waals surface area contributed by atoms with E-state index in [1.54, 1.807) is 0 Å². The number of hydrogen-bond acceptors (Lipinski definition) is 5. The summed E-state index contributed by atoms with van der Waals surface area (Å²) in [5, 5.41) is 8.34. The topological polar surface area (TPSA) is 63.8 Å². The van der Waals surface area contributed by atoms with Crippen LogP contribution in [0.3, 0.4) is 0 Å². The van der Waals surface area contributed by atoms with Crippen molar-refractivity contribution in [2.75, 3.05) is 7.05 Å². The molecule has 0 spiro atoms. The minimum atomic E-state index is 0. The van der Waals surface area contributed by atoms with Gasteiger partial charge in [-0.05, 0) is 32.0 Å². The Balaban J connectivity index is 0.00000208. The Morgan fingerprint density at radius 3 is 2.58 bits per heavy atom. The van der Waals surface area contributed by atoms with Crippen LogP contribution in [-0.2, 0) is 6.42 Å². The smallest absolute Gasteiger partial charge is 0.258 e. The van der Waals surface area contributed by atoms with Crippen molar-refractivity contribution in [3.63, 3.8) is 0 Å². The van der Waals surface area contributed by atoms with E-state index in [0.29, 0.717) is 23.7 Å². The van der Waals surface area contributed by atoms with E-state index in [9.17, 15) is 0 Å². The van der Waals surface area contributed by atoms with Crippen molar-refractivity contribution in [2.24, 2.45) is 0 Å². The summed E-state index contributed by atoms with van der Waals surface area (Å²) in [5.74, 6) is 1.61. The van der Waals surface area contributed by atoms with Crippen molar-refractivity contribution in [3.05, 3.63) is 41.9 Å². The van der Waals surface area contributed by atoms with Crippen LogP contribution >= 0.6 is 12.4 Å². The molecule has 3 rings (SSSR count). The Morgan fingerprint density at radius 1 is 1.12 bits per heavy atom. The lowest BCUT2D eigenvalue weighted by Crippen LogP contribution is -2.24. The van der Waals surface area contributed by atoms with Crippen LogP contribution < -0.4 is 5.32 Å². The fourth-order valence-electron chi connectivity index (χ4n) is 2.49. The first-order chi connectivity index (χ1) is 11.1. The average molecular weight is 347 g/mol. The van der Waals surface area contributed by atoms with E-state index in [1.807, 2.05) is 31.3 Å². The number of halogens is 1. The molecule has 1 unspecified atom stereocenters. The van der Waals surface area contributed by atoms with Crippen LogP contribution in [0.4, 0.5) is 0 Å². The Labute approximate surface area is 148 Å². The molecule has 2 heterocycles. The van der Waals surface area contributed by atoms with Gasteiger partial charge in [-0.1, -0.05) is 37.2 Å². The quantitative estimate of drug-likeness (QED) is 0.757. The van der Waals surface area contributed by atoms with Crippen LogP contribution in [-0.4, -0.2) is 28.2 Å². The minimum absolute atomic E-state index is 0. The van der Waals surface area contributed by atoms with Gasteiger partial charge in [-0.2, -0.15) is 4.98 Å². The van der Waals surface area contributed by atoms with Gasteiger partial charge < -0.3 is 9.84 Å². The van der Waals surface area contributed by atoms with Crippen LogP contribution in [0, 0.1) is 0 Å². The van der Waals surface area contributed by atoms with Gasteiger partial charge in [-0.25, -0.2) is 0 Å². The number of aromatic nitrogens is 3. The van der Waals surface area contributed by atoms with Gasteiger partial charge in [-0.3, -0.25) is 4.98 Å². The van der Waals surface area contributed by atoms with Crippen LogP contribution in [0.2, 0.25) is 0 Å². The maximum atomic E-state index is 5.52. The molecule has 128 valence electrons. The third-order valence-corrected chi connectivity index (χ3v) is 4.01. The molecule has 1 atom stereocenters. The van der Waals surface area contributed by atoms with E-state index in [1.165, 1.54) is 0 Å². The fourth-order valence-corrected chi connectivity index (χ4v) is 2.49. The summed E-state index contributed by atoms with van der Waals surface area (Å²) in [6, 6.07) is 10.4. The molecule has 24 heavy (non-hydrogen) atoms. The van der Waals surface area contributed by atoms with Crippen molar-refractivity contribution >= 4 is 23.3 Å². The van der Waals surface area contributed by atoms with Crippen molar-refractivity contribution in [3.8, 4) is 11.5 Å². The zero-order valence-electron chi connectivity index (χ0n) is 14.4. The molecule has 0 saturated carbocycles. The Hall–Kier alpha value is -1.98. The standard InChI is InChI=1S/C18H22N4O.ClH/c1-11(2)16-10-14(13-7-5-6-8-15(13)20-16)18-21-17(22-23-18)9-12(3)19-4;/h5-8,10-12,19H,9H2,1-4H3;1H. The summed E-state index contributed by atoms with van der Waals surface area (Å²) in [6.07, 6.45) is 0.736. The van der Waals surface area contributed by atoms with E-state index in [4.69, 9.17) is 9.51 Å². The van der Waals surface area contributed by atoms with Gasteiger partial charge in [0.1, 0.15) is 0 Å². The maximum absolute atomic E-state index is 5.52. The molecule has 0 radical (unpaired) electrons. The van der Waals surface area contributed by atoms with Gasteiger partial charge >= 0.3 is 0 Å². The molecule has 6 heteroatoms. The number of nitrogens with zero attached hydrogens (tertiary/aromatic N) is 3. The minimum Gasteiger partial charge on any atom is -0.334 e. The van der Waals surface area contributed by atoms with E-state index < -0.39 is 0 Å². The summed E-state index contributed by atoms with van der Waals surface area (Å²) in [4.78, 5) is 9.30. The second-order valence-corrected chi connectivity index (χ2v) is 6.18. The maximum Gasteiger partial charge on any atom is 0.258 e. The molecule has 0 aliphatic heterocycles. The number of nitrogens with one attached hydrogen (secondary N) is 1. The van der Waals surface area contributed by atoms with Gasteiger partial charge in [0, 0.05) is 23.5 Å². The Kier molecular flexibility index (Phi) is 5.91. The molecule has 0 aliphatic rings. The first-order valence-corrected chi connectivity index (χ1v) is 7.98. The lowest BCUT2D eigenvalue weighted by molar-refractivity contribution is 0.418. The predicted molar refractivity (Wildman–Crippen MR) is 98.6 cm³/mol. The lowest BCUT2D eigenvalue weighted by Gasteiger charge is -2.09. The van der Waals surface area contributed by atoms with Crippen molar-refractivity contribution < 1.29 is 4.52 Å². The van der Waals surface area contributed by atoms with Gasteiger partial charge in [0.05, 0.1) is 11.1 Å². The number of benzene rings is 1. The number of rotatable bonds is 5. The molecular formula is C18H23ClN4O. The van der Waals surface area contributed by atoms with Crippen molar-refractivity contribution in [1.82, 2.24) is 20.4 Å².